The minimum Gasteiger partial charge on any atom is -0.307 e. The number of nitrogens with one attached hydrogen (secondary N) is 1. The summed E-state index contributed by atoms with van der Waals surface area (Å²) in [4.78, 5) is 32.5. The largest absolute Gasteiger partial charge is 0.456 e. The van der Waals surface area contributed by atoms with Crippen LogP contribution in [0.3, 0.4) is 0 Å². The number of hydrogen-bond donors (Lipinski definition) is 2. The van der Waals surface area contributed by atoms with E-state index in [0.717, 1.165) is 6.34 Å². The predicted molar refractivity (Wildman–Crippen MR) is 49.5 cm³/mol. The molecule has 0 aromatic rings. The summed E-state index contributed by atoms with van der Waals surface area (Å²) in [6.07, 6.45) is -4.29. The standard InChI is InChI=1S/C7H4F3N5O2/c8-6(9,10)5(17)7(11)14-3-2(4(16)15-7)12-1-13-3/h1H,11H2,(H,15,16). The van der Waals surface area contributed by atoms with E-state index in [1.807, 2.05) is 0 Å². The first-order chi connectivity index (χ1) is 7.74. The van der Waals surface area contributed by atoms with Crippen molar-refractivity contribution in [1.82, 2.24) is 5.32 Å². The lowest BCUT2D eigenvalue weighted by Crippen LogP contribution is -2.67. The van der Waals surface area contributed by atoms with E-state index >= 15 is 0 Å². The SMILES string of the molecule is NC1(C(=O)C(F)(F)F)N=C2N=CN=C2C(=O)N1. The molecule has 17 heavy (non-hydrogen) atoms. The van der Waals surface area contributed by atoms with Gasteiger partial charge in [-0.2, -0.15) is 13.2 Å². The summed E-state index contributed by atoms with van der Waals surface area (Å²) in [5.41, 5.74) is 4.84. The van der Waals surface area contributed by atoms with Gasteiger partial charge >= 0.3 is 6.18 Å². The van der Waals surface area contributed by atoms with Crippen LogP contribution < -0.4 is 11.1 Å². The summed E-state index contributed by atoms with van der Waals surface area (Å²) in [5.74, 6) is -6.70. The van der Waals surface area contributed by atoms with E-state index < -0.39 is 29.5 Å². The van der Waals surface area contributed by atoms with Gasteiger partial charge in [0.25, 0.3) is 17.5 Å². The summed E-state index contributed by atoms with van der Waals surface area (Å²) in [6, 6.07) is 0. The molecule has 10 heteroatoms. The van der Waals surface area contributed by atoms with Crippen LogP contribution in [0.1, 0.15) is 0 Å². The van der Waals surface area contributed by atoms with Gasteiger partial charge in [-0.1, -0.05) is 0 Å². The number of hydrogen-bond acceptors (Lipinski definition) is 6. The first-order valence-corrected chi connectivity index (χ1v) is 4.17. The Bertz CT molecular complexity index is 506. The molecule has 0 bridgehead atoms. The molecule has 1 unspecified atom stereocenters. The number of amidine groups is 1. The Morgan fingerprint density at radius 2 is 2.12 bits per heavy atom. The normalized spacial score (nSPS) is 27.2. The second-order valence-electron chi connectivity index (χ2n) is 3.21. The van der Waals surface area contributed by atoms with Gasteiger partial charge in [0.05, 0.1) is 0 Å². The smallest absolute Gasteiger partial charge is 0.307 e. The number of ketones is 1. The predicted octanol–water partition coefficient (Wildman–Crippen LogP) is -1.26. The third kappa shape index (κ3) is 1.71. The highest BCUT2D eigenvalue weighted by molar-refractivity contribution is 6.70. The molecule has 1 amide bonds. The molecule has 0 saturated heterocycles. The average molecular weight is 247 g/mol. The van der Waals surface area contributed by atoms with Crippen LogP contribution in [0.2, 0.25) is 0 Å². The zero-order valence-corrected chi connectivity index (χ0v) is 7.95. The van der Waals surface area contributed by atoms with Gasteiger partial charge in [-0.25, -0.2) is 15.0 Å². The van der Waals surface area contributed by atoms with Crippen molar-refractivity contribution in [3.8, 4) is 0 Å². The summed E-state index contributed by atoms with van der Waals surface area (Å²) in [7, 11) is 0. The van der Waals surface area contributed by atoms with Gasteiger partial charge in [0.2, 0.25) is 0 Å². The van der Waals surface area contributed by atoms with E-state index in [1.165, 1.54) is 0 Å². The summed E-state index contributed by atoms with van der Waals surface area (Å²) in [6.45, 7) is 0. The number of halogens is 3. The molecule has 1 atom stereocenters. The Balaban J connectivity index is 2.45. The number of Topliss-reactive ketones (excluding diaryl/α,β-unsaturated/α-hetero) is 1. The van der Waals surface area contributed by atoms with Gasteiger partial charge in [-0.3, -0.25) is 15.3 Å². The lowest BCUT2D eigenvalue weighted by atomic mass is 10.1. The maximum Gasteiger partial charge on any atom is 0.456 e. The fraction of sp³-hybridized carbons (Fsp3) is 0.286. The molecule has 0 fully saturated rings. The molecule has 2 rings (SSSR count). The third-order valence-corrected chi connectivity index (χ3v) is 1.98. The van der Waals surface area contributed by atoms with Crippen LogP contribution in [0.5, 0.6) is 0 Å². The highest BCUT2D eigenvalue weighted by atomic mass is 19.4. The molecule has 90 valence electrons. The molecule has 0 radical (unpaired) electrons. The van der Waals surface area contributed by atoms with Gasteiger partial charge in [-0.05, 0) is 0 Å². The van der Waals surface area contributed by atoms with Gasteiger partial charge < -0.3 is 5.32 Å². The molecule has 2 heterocycles. The van der Waals surface area contributed by atoms with Crippen molar-refractivity contribution in [3.05, 3.63) is 0 Å². The highest BCUT2D eigenvalue weighted by Gasteiger charge is 2.55. The molecule has 0 aromatic heterocycles. The van der Waals surface area contributed by atoms with E-state index in [-0.39, 0.29) is 5.71 Å². The number of rotatable bonds is 1. The average Bonchev–Trinajstić information content (AvgIpc) is 2.63. The van der Waals surface area contributed by atoms with Crippen LogP contribution in [0, 0.1) is 0 Å². The fourth-order valence-corrected chi connectivity index (χ4v) is 1.25. The summed E-state index contributed by atoms with van der Waals surface area (Å²) < 4.78 is 36.7. The lowest BCUT2D eigenvalue weighted by molar-refractivity contribution is -0.178. The number of alkyl halides is 3. The fourth-order valence-electron chi connectivity index (χ4n) is 1.25. The monoisotopic (exact) mass is 247 g/mol. The Hall–Kier alpha value is -2.10. The Kier molecular flexibility index (Phi) is 2.14. The van der Waals surface area contributed by atoms with E-state index in [2.05, 4.69) is 15.0 Å². The molecule has 0 aliphatic carbocycles. The second-order valence-corrected chi connectivity index (χ2v) is 3.21. The molecule has 0 saturated carbocycles. The van der Waals surface area contributed by atoms with Gasteiger partial charge in [0.1, 0.15) is 6.34 Å². The van der Waals surface area contributed by atoms with Crippen molar-refractivity contribution in [2.45, 2.75) is 12.0 Å². The zero-order chi connectivity index (χ0) is 12.8. The summed E-state index contributed by atoms with van der Waals surface area (Å²) in [5, 5.41) is 1.64. The van der Waals surface area contributed by atoms with Crippen molar-refractivity contribution < 1.29 is 22.8 Å². The first kappa shape index (κ1) is 11.4. The Morgan fingerprint density at radius 1 is 1.47 bits per heavy atom. The Morgan fingerprint density at radius 3 is 2.71 bits per heavy atom. The Labute approximate surface area is 91.3 Å². The number of amides is 1. The van der Waals surface area contributed by atoms with Gasteiger partial charge in [0.15, 0.2) is 11.5 Å². The number of aliphatic imine (C=N–C) groups is 3. The van der Waals surface area contributed by atoms with Gasteiger partial charge in [-0.15, -0.1) is 0 Å². The molecule has 2 aliphatic rings. The minimum atomic E-state index is -5.22. The van der Waals surface area contributed by atoms with Gasteiger partial charge in [0, 0.05) is 0 Å². The first-order valence-electron chi connectivity index (χ1n) is 4.17. The third-order valence-electron chi connectivity index (χ3n) is 1.98. The lowest BCUT2D eigenvalue weighted by Gasteiger charge is -2.28. The molecular formula is C7H4F3N5O2. The van der Waals surface area contributed by atoms with E-state index in [9.17, 15) is 22.8 Å². The van der Waals surface area contributed by atoms with Crippen molar-refractivity contribution in [2.75, 3.05) is 0 Å². The maximum atomic E-state index is 12.2. The van der Waals surface area contributed by atoms with E-state index in [0.29, 0.717) is 0 Å². The second kappa shape index (κ2) is 3.20. The molecule has 0 spiro atoms. The summed E-state index contributed by atoms with van der Waals surface area (Å²) >= 11 is 0. The van der Waals surface area contributed by atoms with Crippen LogP contribution in [0.4, 0.5) is 13.2 Å². The number of carbonyl (C=O) groups is 2. The van der Waals surface area contributed by atoms with Crippen LogP contribution >= 0.6 is 0 Å². The molecular weight excluding hydrogens is 243 g/mol. The van der Waals surface area contributed by atoms with Crippen LogP contribution in [0.25, 0.3) is 0 Å². The highest BCUT2D eigenvalue weighted by Crippen LogP contribution is 2.23. The molecule has 3 N–H and O–H groups in total. The van der Waals surface area contributed by atoms with Crippen LogP contribution in [-0.2, 0) is 9.59 Å². The zero-order valence-electron chi connectivity index (χ0n) is 7.95. The quantitative estimate of drug-likeness (QED) is 0.603. The van der Waals surface area contributed by atoms with Crippen LogP contribution in [0.15, 0.2) is 15.0 Å². The molecule has 7 nitrogen and oxygen atoms in total. The van der Waals surface area contributed by atoms with Crippen molar-refractivity contribution in [2.24, 2.45) is 20.7 Å². The van der Waals surface area contributed by atoms with Crippen LogP contribution in [-0.4, -0.2) is 41.5 Å². The minimum absolute atomic E-state index is 0.277. The van der Waals surface area contributed by atoms with Crippen molar-refractivity contribution in [1.29, 1.82) is 0 Å². The number of carbonyl (C=O) groups excluding carboxylic acids is 2. The van der Waals surface area contributed by atoms with E-state index in [4.69, 9.17) is 5.73 Å². The number of fused-ring (bicyclic) bond motifs is 1. The van der Waals surface area contributed by atoms with Crippen molar-refractivity contribution >= 4 is 29.6 Å². The number of nitrogens with two attached hydrogens (primary N) is 1. The maximum absolute atomic E-state index is 12.2. The topological polar surface area (TPSA) is 109 Å². The molecule has 2 aliphatic heterocycles. The van der Waals surface area contributed by atoms with E-state index in [1.54, 1.807) is 5.32 Å². The van der Waals surface area contributed by atoms with Crippen molar-refractivity contribution in [3.63, 3.8) is 0 Å². The number of nitrogens with zero attached hydrogens (tertiary/aromatic N) is 3. The molecule has 0 aromatic carbocycles.